The van der Waals surface area contributed by atoms with Crippen molar-refractivity contribution in [1.29, 1.82) is 0 Å². The second kappa shape index (κ2) is 8.34. The third kappa shape index (κ3) is 10.3. The summed E-state index contributed by atoms with van der Waals surface area (Å²) < 4.78 is 3.49. The molecular weight excluding hydrogens is 152 g/mol. The molecule has 4 heteroatoms. The Labute approximate surface area is 67.1 Å². The van der Waals surface area contributed by atoms with Gasteiger partial charge >= 0.3 is 6.02 Å². The molecule has 0 amide bonds. The molecule has 0 aliphatic rings. The van der Waals surface area contributed by atoms with Crippen LogP contribution in [-0.4, -0.2) is 17.3 Å². The molecule has 0 aliphatic heterocycles. The van der Waals surface area contributed by atoms with Gasteiger partial charge in [0.05, 0.1) is 0 Å². The number of amidine groups is 1. The van der Waals surface area contributed by atoms with E-state index in [2.05, 4.69) is 11.6 Å². The SMILES string of the molecule is CCCCC=[N+]=C(N)O.[Cl-]. The Bertz CT molecular complexity index is 126. The monoisotopic (exact) mass is 164 g/mol. The first-order valence-electron chi connectivity index (χ1n) is 3.11. The summed E-state index contributed by atoms with van der Waals surface area (Å²) in [5.41, 5.74) is 4.85. The number of rotatable bonds is 3. The highest BCUT2D eigenvalue weighted by Crippen LogP contribution is 1.87. The second-order valence-corrected chi connectivity index (χ2v) is 1.81. The van der Waals surface area contributed by atoms with Gasteiger partial charge in [-0.05, 0) is 6.42 Å². The van der Waals surface area contributed by atoms with E-state index in [1.54, 1.807) is 6.21 Å². The average Bonchev–Trinajstić information content (AvgIpc) is 1.80. The first-order chi connectivity index (χ1) is 4.27. The summed E-state index contributed by atoms with van der Waals surface area (Å²) in [6, 6.07) is -0.355. The first kappa shape index (κ1) is 12.1. The van der Waals surface area contributed by atoms with Crippen molar-refractivity contribution in [3.05, 3.63) is 0 Å². The van der Waals surface area contributed by atoms with Crippen LogP contribution in [0, 0.1) is 0 Å². The Morgan fingerprint density at radius 2 is 2.30 bits per heavy atom. The van der Waals surface area contributed by atoms with Crippen LogP contribution in [0.1, 0.15) is 26.2 Å². The molecule has 3 N–H and O–H groups in total. The van der Waals surface area contributed by atoms with E-state index in [1.165, 1.54) is 0 Å². The zero-order valence-electron chi connectivity index (χ0n) is 6.05. The molecule has 0 spiro atoms. The normalized spacial score (nSPS) is 7.30. The van der Waals surface area contributed by atoms with Gasteiger partial charge in [0.15, 0.2) is 6.21 Å². The number of aliphatic hydroxyl groups excluding tert-OH is 1. The summed E-state index contributed by atoms with van der Waals surface area (Å²) in [5, 5.41) is 8.35. The van der Waals surface area contributed by atoms with Gasteiger partial charge in [-0.3, -0.25) is 0 Å². The third-order valence-electron chi connectivity index (χ3n) is 0.910. The predicted octanol–water partition coefficient (Wildman–Crippen LogP) is -2.81. The largest absolute Gasteiger partial charge is 1.00 e. The highest BCUT2D eigenvalue weighted by molar-refractivity contribution is 5.73. The zero-order chi connectivity index (χ0) is 7.11. The predicted molar refractivity (Wildman–Crippen MR) is 39.5 cm³/mol. The molecule has 10 heavy (non-hydrogen) atoms. The Hall–Kier alpha value is -0.660. The Kier molecular flexibility index (Phi) is 10.1. The van der Waals surface area contributed by atoms with Crippen molar-refractivity contribution in [2.45, 2.75) is 26.2 Å². The van der Waals surface area contributed by atoms with Crippen molar-refractivity contribution >= 4 is 12.2 Å². The maximum atomic E-state index is 8.35. The van der Waals surface area contributed by atoms with E-state index in [0.29, 0.717) is 0 Å². The van der Waals surface area contributed by atoms with E-state index in [-0.39, 0.29) is 18.4 Å². The minimum atomic E-state index is -0.355. The second-order valence-electron chi connectivity index (χ2n) is 1.81. The van der Waals surface area contributed by atoms with Gasteiger partial charge < -0.3 is 17.5 Å². The number of hydrogen-bond donors (Lipinski definition) is 2. The van der Waals surface area contributed by atoms with E-state index in [1.807, 2.05) is 0 Å². The molecule has 0 rings (SSSR count). The van der Waals surface area contributed by atoms with E-state index < -0.39 is 0 Å². The van der Waals surface area contributed by atoms with Crippen molar-refractivity contribution < 1.29 is 17.5 Å². The van der Waals surface area contributed by atoms with Gasteiger partial charge in [0, 0.05) is 6.42 Å². The van der Waals surface area contributed by atoms with Crippen LogP contribution in [-0.2, 0) is 0 Å². The molecule has 0 aromatic rings. The molecular formula is C6H13ClN2O. The quantitative estimate of drug-likeness (QED) is 0.205. The zero-order valence-corrected chi connectivity index (χ0v) is 6.80. The summed E-state index contributed by atoms with van der Waals surface area (Å²) in [6.45, 7) is 2.10. The van der Waals surface area contributed by atoms with Gasteiger partial charge in [-0.15, -0.1) is 0 Å². The molecule has 0 heterocycles. The van der Waals surface area contributed by atoms with Crippen molar-refractivity contribution in [3.8, 4) is 0 Å². The smallest absolute Gasteiger partial charge is 0.542 e. The summed E-state index contributed by atoms with van der Waals surface area (Å²) in [6.07, 6.45) is 4.74. The number of unbranched alkanes of at least 4 members (excludes halogenated alkanes) is 2. The van der Waals surface area contributed by atoms with Crippen LogP contribution in [0.25, 0.3) is 0 Å². The highest BCUT2D eigenvalue weighted by Gasteiger charge is 1.86. The molecule has 0 fully saturated rings. The number of hydrogen-bond acceptors (Lipinski definition) is 0. The lowest BCUT2D eigenvalue weighted by Gasteiger charge is -1.79. The molecule has 0 radical (unpaired) electrons. The van der Waals surface area contributed by atoms with Crippen LogP contribution < -0.4 is 22.8 Å². The molecule has 0 unspecified atom stereocenters. The lowest BCUT2D eigenvalue weighted by atomic mass is 10.3. The van der Waals surface area contributed by atoms with E-state index in [4.69, 9.17) is 10.8 Å². The molecule has 0 aliphatic carbocycles. The number of nitrogens with two attached hydrogens (primary N) is 1. The molecule has 3 nitrogen and oxygen atoms in total. The van der Waals surface area contributed by atoms with Crippen LogP contribution in [0.3, 0.4) is 0 Å². The number of halogens is 1. The van der Waals surface area contributed by atoms with Crippen LogP contribution in [0.15, 0.2) is 0 Å². The number of aliphatic hydroxyl groups is 1. The van der Waals surface area contributed by atoms with Crippen molar-refractivity contribution in [2.24, 2.45) is 5.73 Å². The third-order valence-corrected chi connectivity index (χ3v) is 0.910. The Balaban J connectivity index is 0. The van der Waals surface area contributed by atoms with Crippen LogP contribution in [0.4, 0.5) is 0 Å². The fourth-order valence-corrected chi connectivity index (χ4v) is 0.453. The average molecular weight is 165 g/mol. The Morgan fingerprint density at radius 1 is 1.70 bits per heavy atom. The minimum Gasteiger partial charge on any atom is -1.00 e. The topological polar surface area (TPSA) is 60.4 Å². The van der Waals surface area contributed by atoms with E-state index in [9.17, 15) is 0 Å². The maximum absolute atomic E-state index is 8.35. The summed E-state index contributed by atoms with van der Waals surface area (Å²) in [4.78, 5) is 0. The first-order valence-corrected chi connectivity index (χ1v) is 3.11. The fraction of sp³-hybridized carbons (Fsp3) is 0.667. The summed E-state index contributed by atoms with van der Waals surface area (Å²) >= 11 is 0. The highest BCUT2D eigenvalue weighted by atomic mass is 35.5. The maximum Gasteiger partial charge on any atom is 0.542 e. The Morgan fingerprint density at radius 3 is 2.70 bits per heavy atom. The standard InChI is InChI=1S/C6H12N2O.ClH/c1-2-3-4-5-8-6(7)9;/h5H,2-4H2,1H3,(H2,7,9);1H. The van der Waals surface area contributed by atoms with Gasteiger partial charge in [0.2, 0.25) is 0 Å². The van der Waals surface area contributed by atoms with Gasteiger partial charge in [0.1, 0.15) is 0 Å². The van der Waals surface area contributed by atoms with Crippen LogP contribution in [0.5, 0.6) is 0 Å². The van der Waals surface area contributed by atoms with Crippen LogP contribution in [0.2, 0.25) is 0 Å². The van der Waals surface area contributed by atoms with Gasteiger partial charge in [-0.2, -0.15) is 4.67 Å². The molecule has 0 atom stereocenters. The summed E-state index contributed by atoms with van der Waals surface area (Å²) in [5.74, 6) is 0. The fourth-order valence-electron chi connectivity index (χ4n) is 0.453. The number of nitrogens with zero attached hydrogens (tertiary/aromatic N) is 1. The van der Waals surface area contributed by atoms with E-state index in [0.717, 1.165) is 19.3 Å². The van der Waals surface area contributed by atoms with Crippen molar-refractivity contribution in [1.82, 2.24) is 4.67 Å². The minimum absolute atomic E-state index is 0. The molecule has 0 bridgehead atoms. The van der Waals surface area contributed by atoms with E-state index >= 15 is 0 Å². The lowest BCUT2D eigenvalue weighted by Crippen LogP contribution is -3.00. The molecule has 0 aromatic heterocycles. The molecule has 60 valence electrons. The molecule has 0 saturated carbocycles. The van der Waals surface area contributed by atoms with Gasteiger partial charge in [-0.25, -0.2) is 5.73 Å². The lowest BCUT2D eigenvalue weighted by molar-refractivity contribution is -0.00000348. The summed E-state index contributed by atoms with van der Waals surface area (Å²) in [7, 11) is 0. The molecule has 0 saturated heterocycles. The van der Waals surface area contributed by atoms with Crippen LogP contribution >= 0.6 is 0 Å². The van der Waals surface area contributed by atoms with Gasteiger partial charge in [0.25, 0.3) is 0 Å². The van der Waals surface area contributed by atoms with Crippen molar-refractivity contribution in [2.75, 3.05) is 0 Å². The molecule has 0 aromatic carbocycles. The van der Waals surface area contributed by atoms with Crippen molar-refractivity contribution in [3.63, 3.8) is 0 Å². The van der Waals surface area contributed by atoms with Gasteiger partial charge in [-0.1, -0.05) is 13.3 Å².